The molecule has 0 aliphatic carbocycles. The quantitative estimate of drug-likeness (QED) is 0.819. The van der Waals surface area contributed by atoms with E-state index in [1.54, 1.807) is 6.20 Å². The molecule has 0 aliphatic rings. The highest BCUT2D eigenvalue weighted by molar-refractivity contribution is 5.67. The van der Waals surface area contributed by atoms with Gasteiger partial charge in [0.1, 0.15) is 0 Å². The summed E-state index contributed by atoms with van der Waals surface area (Å²) in [5.41, 5.74) is 3.50. The minimum Gasteiger partial charge on any atom is -0.385 e. The molecule has 0 bridgehead atoms. The second kappa shape index (κ2) is 4.60. The van der Waals surface area contributed by atoms with E-state index in [-0.39, 0.29) is 0 Å². The Kier molecular flexibility index (Phi) is 2.98. The molecule has 1 heterocycles. The normalized spacial score (nSPS) is 9.93. The number of anilines is 1. The topological polar surface area (TPSA) is 24.9 Å². The standard InChI is InChI=1S/C13H14N2/c1-2-15-13-7-3-5-11(9-13)12-6-4-8-14-10-12/h3-10,15H,2H2,1H3. The first-order chi connectivity index (χ1) is 7.40. The van der Waals surface area contributed by atoms with Gasteiger partial charge in [-0.2, -0.15) is 0 Å². The maximum absolute atomic E-state index is 4.12. The van der Waals surface area contributed by atoms with E-state index in [9.17, 15) is 0 Å². The van der Waals surface area contributed by atoms with E-state index in [0.717, 1.165) is 17.8 Å². The zero-order valence-electron chi connectivity index (χ0n) is 8.77. The zero-order valence-corrected chi connectivity index (χ0v) is 8.77. The first-order valence-electron chi connectivity index (χ1n) is 5.14. The van der Waals surface area contributed by atoms with E-state index >= 15 is 0 Å². The molecule has 1 N–H and O–H groups in total. The Balaban J connectivity index is 2.33. The van der Waals surface area contributed by atoms with Gasteiger partial charge < -0.3 is 5.32 Å². The van der Waals surface area contributed by atoms with Crippen LogP contribution in [0.4, 0.5) is 5.69 Å². The lowest BCUT2D eigenvalue weighted by molar-refractivity contribution is 1.21. The monoisotopic (exact) mass is 198 g/mol. The van der Waals surface area contributed by atoms with Crippen molar-refractivity contribution in [1.29, 1.82) is 0 Å². The lowest BCUT2D eigenvalue weighted by Gasteiger charge is -2.05. The van der Waals surface area contributed by atoms with Crippen molar-refractivity contribution in [2.75, 3.05) is 11.9 Å². The Bertz CT molecular complexity index is 424. The third kappa shape index (κ3) is 2.34. The van der Waals surface area contributed by atoms with Gasteiger partial charge in [-0.15, -0.1) is 0 Å². The van der Waals surface area contributed by atoms with Gasteiger partial charge in [-0.1, -0.05) is 18.2 Å². The van der Waals surface area contributed by atoms with Crippen molar-refractivity contribution < 1.29 is 0 Å². The molecule has 0 radical (unpaired) electrons. The Hall–Kier alpha value is -1.83. The molecule has 0 saturated heterocycles. The van der Waals surface area contributed by atoms with Crippen molar-refractivity contribution in [2.24, 2.45) is 0 Å². The lowest BCUT2D eigenvalue weighted by atomic mass is 10.1. The average molecular weight is 198 g/mol. The molecule has 2 rings (SSSR count). The van der Waals surface area contributed by atoms with E-state index < -0.39 is 0 Å². The smallest absolute Gasteiger partial charge is 0.0346 e. The van der Waals surface area contributed by atoms with Gasteiger partial charge in [-0.25, -0.2) is 0 Å². The molecule has 1 aromatic carbocycles. The van der Waals surface area contributed by atoms with E-state index in [1.165, 1.54) is 5.56 Å². The summed E-state index contributed by atoms with van der Waals surface area (Å²) < 4.78 is 0. The van der Waals surface area contributed by atoms with E-state index in [2.05, 4.69) is 47.6 Å². The molecule has 2 aromatic rings. The predicted octanol–water partition coefficient (Wildman–Crippen LogP) is 3.18. The summed E-state index contributed by atoms with van der Waals surface area (Å²) in [6.07, 6.45) is 3.67. The van der Waals surface area contributed by atoms with Crippen LogP contribution in [0.1, 0.15) is 6.92 Å². The molecule has 1 aromatic heterocycles. The highest BCUT2D eigenvalue weighted by atomic mass is 14.8. The molecule has 2 heteroatoms. The molecule has 0 unspecified atom stereocenters. The molecule has 15 heavy (non-hydrogen) atoms. The van der Waals surface area contributed by atoms with Gasteiger partial charge >= 0.3 is 0 Å². The van der Waals surface area contributed by atoms with Crippen LogP contribution in [-0.2, 0) is 0 Å². The summed E-state index contributed by atoms with van der Waals surface area (Å²) in [6.45, 7) is 3.03. The molecule has 0 saturated carbocycles. The Labute approximate surface area is 90.0 Å². The van der Waals surface area contributed by atoms with Gasteiger partial charge in [0.25, 0.3) is 0 Å². The van der Waals surface area contributed by atoms with Crippen LogP contribution < -0.4 is 5.32 Å². The van der Waals surface area contributed by atoms with Crippen molar-refractivity contribution >= 4 is 5.69 Å². The van der Waals surface area contributed by atoms with E-state index in [1.807, 2.05) is 12.3 Å². The number of rotatable bonds is 3. The second-order valence-electron chi connectivity index (χ2n) is 3.35. The van der Waals surface area contributed by atoms with Crippen molar-refractivity contribution in [2.45, 2.75) is 6.92 Å². The molecular formula is C13H14N2. The fraction of sp³-hybridized carbons (Fsp3) is 0.154. The SMILES string of the molecule is CCNc1cccc(-c2cccnc2)c1. The zero-order chi connectivity index (χ0) is 10.5. The number of aromatic nitrogens is 1. The lowest BCUT2D eigenvalue weighted by Crippen LogP contribution is -1.95. The van der Waals surface area contributed by atoms with E-state index in [4.69, 9.17) is 0 Å². The molecule has 0 aliphatic heterocycles. The Morgan fingerprint density at radius 2 is 2.00 bits per heavy atom. The van der Waals surface area contributed by atoms with Crippen LogP contribution in [0.3, 0.4) is 0 Å². The van der Waals surface area contributed by atoms with Gasteiger partial charge in [0.15, 0.2) is 0 Å². The summed E-state index contributed by atoms with van der Waals surface area (Å²) in [5.74, 6) is 0. The van der Waals surface area contributed by atoms with Gasteiger partial charge in [-0.05, 0) is 30.7 Å². The first kappa shape index (κ1) is 9.71. The Morgan fingerprint density at radius 3 is 2.73 bits per heavy atom. The van der Waals surface area contributed by atoms with Crippen molar-refractivity contribution in [1.82, 2.24) is 4.98 Å². The van der Waals surface area contributed by atoms with Crippen LogP contribution in [0, 0.1) is 0 Å². The van der Waals surface area contributed by atoms with Gasteiger partial charge in [-0.3, -0.25) is 4.98 Å². The summed E-state index contributed by atoms with van der Waals surface area (Å²) >= 11 is 0. The number of nitrogens with one attached hydrogen (secondary N) is 1. The van der Waals surface area contributed by atoms with Crippen LogP contribution in [0.15, 0.2) is 48.8 Å². The van der Waals surface area contributed by atoms with Crippen molar-refractivity contribution in [3.05, 3.63) is 48.8 Å². The Morgan fingerprint density at radius 1 is 1.13 bits per heavy atom. The van der Waals surface area contributed by atoms with Crippen LogP contribution >= 0.6 is 0 Å². The molecule has 2 nitrogen and oxygen atoms in total. The second-order valence-corrected chi connectivity index (χ2v) is 3.35. The van der Waals surface area contributed by atoms with Gasteiger partial charge in [0.2, 0.25) is 0 Å². The van der Waals surface area contributed by atoms with E-state index in [0.29, 0.717) is 0 Å². The van der Waals surface area contributed by atoms with Crippen LogP contribution in [0.25, 0.3) is 11.1 Å². The molecule has 0 spiro atoms. The minimum absolute atomic E-state index is 0.941. The summed E-state index contributed by atoms with van der Waals surface area (Å²) in [6, 6.07) is 12.4. The molecule has 0 fully saturated rings. The van der Waals surface area contributed by atoms with Crippen LogP contribution in [0.5, 0.6) is 0 Å². The third-order valence-electron chi connectivity index (χ3n) is 2.24. The van der Waals surface area contributed by atoms with Crippen LogP contribution in [-0.4, -0.2) is 11.5 Å². The largest absolute Gasteiger partial charge is 0.385 e. The minimum atomic E-state index is 0.941. The number of benzene rings is 1. The van der Waals surface area contributed by atoms with Gasteiger partial charge in [0.05, 0.1) is 0 Å². The number of hydrogen-bond acceptors (Lipinski definition) is 2. The number of nitrogens with zero attached hydrogens (tertiary/aromatic N) is 1. The first-order valence-corrected chi connectivity index (χ1v) is 5.14. The predicted molar refractivity (Wildman–Crippen MR) is 63.8 cm³/mol. The molecular weight excluding hydrogens is 184 g/mol. The molecule has 0 amide bonds. The highest BCUT2D eigenvalue weighted by Crippen LogP contribution is 2.21. The molecule has 0 atom stereocenters. The summed E-state index contributed by atoms with van der Waals surface area (Å²) in [7, 11) is 0. The summed E-state index contributed by atoms with van der Waals surface area (Å²) in [5, 5.41) is 3.30. The fourth-order valence-corrected chi connectivity index (χ4v) is 1.55. The maximum atomic E-state index is 4.12. The van der Waals surface area contributed by atoms with Gasteiger partial charge in [0, 0.05) is 30.2 Å². The molecule has 76 valence electrons. The van der Waals surface area contributed by atoms with Crippen molar-refractivity contribution in [3.8, 4) is 11.1 Å². The summed E-state index contributed by atoms with van der Waals surface area (Å²) in [4.78, 5) is 4.12. The van der Waals surface area contributed by atoms with Crippen molar-refractivity contribution in [3.63, 3.8) is 0 Å². The highest BCUT2D eigenvalue weighted by Gasteiger charge is 1.97. The van der Waals surface area contributed by atoms with Crippen LogP contribution in [0.2, 0.25) is 0 Å². The fourth-order valence-electron chi connectivity index (χ4n) is 1.55. The third-order valence-corrected chi connectivity index (χ3v) is 2.24. The number of hydrogen-bond donors (Lipinski definition) is 1. The average Bonchev–Trinajstić information content (AvgIpc) is 2.31. The number of pyridine rings is 1. The maximum Gasteiger partial charge on any atom is 0.0346 e.